The Hall–Kier alpha value is -0.840. The number of aliphatic hydroxyl groups is 1. The largest absolute Gasteiger partial charge is 0.389 e. The predicted octanol–water partition coefficient (Wildman–Crippen LogP) is 3.65. The van der Waals surface area contributed by atoms with E-state index in [-0.39, 0.29) is 0 Å². The lowest BCUT2D eigenvalue weighted by Gasteiger charge is -2.09. The molecule has 1 atom stereocenters. The van der Waals surface area contributed by atoms with Gasteiger partial charge in [0.1, 0.15) is 0 Å². The van der Waals surface area contributed by atoms with Crippen molar-refractivity contribution in [1.29, 1.82) is 0 Å². The average Bonchev–Trinajstić information content (AvgIpc) is 2.58. The maximum absolute atomic E-state index is 9.49. The van der Waals surface area contributed by atoms with Crippen LogP contribution in [0.15, 0.2) is 28.9 Å². The number of hydrogen-bond donors (Lipinski definition) is 1. The van der Waals surface area contributed by atoms with Crippen molar-refractivity contribution in [2.75, 3.05) is 0 Å². The van der Waals surface area contributed by atoms with Crippen LogP contribution >= 0.6 is 27.5 Å². The van der Waals surface area contributed by atoms with Crippen LogP contribution in [0.1, 0.15) is 24.3 Å². The highest BCUT2D eigenvalue weighted by atomic mass is 79.9. The van der Waals surface area contributed by atoms with Crippen molar-refractivity contribution in [2.24, 2.45) is 0 Å². The number of aryl methyl sites for hydroxylation is 1. The number of benzene rings is 1. The molecule has 2 rings (SSSR count). The van der Waals surface area contributed by atoms with Gasteiger partial charge in [-0.05, 0) is 47.5 Å². The van der Waals surface area contributed by atoms with Gasteiger partial charge in [-0.3, -0.25) is 0 Å². The molecule has 2 aromatic rings. The SMILES string of the molecule is Cc1nn(-c2ccc(C(C)O)cc2Br)cc1Cl. The maximum atomic E-state index is 9.49. The molecule has 0 aliphatic rings. The summed E-state index contributed by atoms with van der Waals surface area (Å²) >= 11 is 9.45. The van der Waals surface area contributed by atoms with Gasteiger partial charge in [0.25, 0.3) is 0 Å². The molecule has 1 aromatic carbocycles. The van der Waals surface area contributed by atoms with E-state index in [9.17, 15) is 5.11 Å². The number of aromatic nitrogens is 2. The lowest BCUT2D eigenvalue weighted by molar-refractivity contribution is 0.199. The third-order valence-electron chi connectivity index (χ3n) is 2.54. The third-order valence-corrected chi connectivity index (χ3v) is 3.55. The summed E-state index contributed by atoms with van der Waals surface area (Å²) in [5.41, 5.74) is 2.54. The van der Waals surface area contributed by atoms with Crippen LogP contribution < -0.4 is 0 Å². The molecule has 0 radical (unpaired) electrons. The zero-order valence-electron chi connectivity index (χ0n) is 9.48. The Labute approximate surface area is 113 Å². The molecule has 1 aromatic heterocycles. The van der Waals surface area contributed by atoms with E-state index in [0.29, 0.717) is 5.02 Å². The van der Waals surface area contributed by atoms with Crippen molar-refractivity contribution >= 4 is 27.5 Å². The molecule has 0 bridgehead atoms. The fourth-order valence-electron chi connectivity index (χ4n) is 1.53. The van der Waals surface area contributed by atoms with Gasteiger partial charge in [0, 0.05) is 10.7 Å². The lowest BCUT2D eigenvalue weighted by atomic mass is 10.1. The van der Waals surface area contributed by atoms with Crippen molar-refractivity contribution in [3.63, 3.8) is 0 Å². The topological polar surface area (TPSA) is 38.0 Å². The Balaban J connectivity index is 2.46. The minimum Gasteiger partial charge on any atom is -0.389 e. The summed E-state index contributed by atoms with van der Waals surface area (Å²) in [7, 11) is 0. The molecule has 0 aliphatic heterocycles. The van der Waals surface area contributed by atoms with Crippen LogP contribution in [0.25, 0.3) is 5.69 Å². The second-order valence-corrected chi connectivity index (χ2v) is 5.16. The number of rotatable bonds is 2. The van der Waals surface area contributed by atoms with E-state index in [1.165, 1.54) is 0 Å². The summed E-state index contributed by atoms with van der Waals surface area (Å²) in [4.78, 5) is 0. The molecule has 17 heavy (non-hydrogen) atoms. The molecule has 5 heteroatoms. The quantitative estimate of drug-likeness (QED) is 0.918. The second-order valence-electron chi connectivity index (χ2n) is 3.89. The Bertz CT molecular complexity index is 532. The number of halogens is 2. The van der Waals surface area contributed by atoms with Crippen LogP contribution in [0.2, 0.25) is 5.02 Å². The lowest BCUT2D eigenvalue weighted by Crippen LogP contribution is -1.98. The normalized spacial score (nSPS) is 12.8. The van der Waals surface area contributed by atoms with Crippen LogP contribution in [0.5, 0.6) is 0 Å². The van der Waals surface area contributed by atoms with E-state index in [2.05, 4.69) is 21.0 Å². The summed E-state index contributed by atoms with van der Waals surface area (Å²) in [6.07, 6.45) is 1.28. The molecule has 0 fully saturated rings. The highest BCUT2D eigenvalue weighted by Crippen LogP contribution is 2.26. The number of nitrogens with zero attached hydrogens (tertiary/aromatic N) is 2. The monoisotopic (exact) mass is 314 g/mol. The highest BCUT2D eigenvalue weighted by molar-refractivity contribution is 9.10. The molecule has 0 saturated carbocycles. The van der Waals surface area contributed by atoms with Gasteiger partial charge in [0.05, 0.1) is 22.5 Å². The molecule has 90 valence electrons. The van der Waals surface area contributed by atoms with Crippen molar-refractivity contribution in [1.82, 2.24) is 9.78 Å². The van der Waals surface area contributed by atoms with E-state index in [1.54, 1.807) is 17.8 Å². The number of aliphatic hydroxyl groups excluding tert-OH is 1. The molecule has 0 saturated heterocycles. The zero-order chi connectivity index (χ0) is 12.6. The minimum atomic E-state index is -0.483. The smallest absolute Gasteiger partial charge is 0.0819 e. The molecule has 3 nitrogen and oxygen atoms in total. The van der Waals surface area contributed by atoms with Crippen LogP contribution in [0.4, 0.5) is 0 Å². The summed E-state index contributed by atoms with van der Waals surface area (Å²) in [6, 6.07) is 5.65. The first kappa shape index (κ1) is 12.6. The fraction of sp³-hybridized carbons (Fsp3) is 0.250. The minimum absolute atomic E-state index is 0.483. The first-order valence-electron chi connectivity index (χ1n) is 5.18. The molecular formula is C12H12BrClN2O. The zero-order valence-corrected chi connectivity index (χ0v) is 11.8. The van der Waals surface area contributed by atoms with E-state index in [0.717, 1.165) is 21.4 Å². The molecule has 1 unspecified atom stereocenters. The van der Waals surface area contributed by atoms with E-state index >= 15 is 0 Å². The van der Waals surface area contributed by atoms with E-state index < -0.39 is 6.10 Å². The van der Waals surface area contributed by atoms with Crippen LogP contribution in [-0.4, -0.2) is 14.9 Å². The van der Waals surface area contributed by atoms with Crippen molar-refractivity contribution in [2.45, 2.75) is 20.0 Å². The molecule has 1 N–H and O–H groups in total. The Morgan fingerprint density at radius 1 is 1.47 bits per heavy atom. The van der Waals surface area contributed by atoms with Crippen LogP contribution in [0.3, 0.4) is 0 Å². The van der Waals surface area contributed by atoms with Gasteiger partial charge >= 0.3 is 0 Å². The maximum Gasteiger partial charge on any atom is 0.0819 e. The second kappa shape index (κ2) is 4.80. The Morgan fingerprint density at radius 3 is 2.65 bits per heavy atom. The van der Waals surface area contributed by atoms with Crippen molar-refractivity contribution in [3.05, 3.63) is 45.1 Å². The summed E-state index contributed by atoms with van der Waals surface area (Å²) in [5.74, 6) is 0. The van der Waals surface area contributed by atoms with Gasteiger partial charge in [-0.15, -0.1) is 0 Å². The first-order valence-corrected chi connectivity index (χ1v) is 6.36. The van der Waals surface area contributed by atoms with Crippen LogP contribution in [0, 0.1) is 6.92 Å². The summed E-state index contributed by atoms with van der Waals surface area (Å²) in [6.45, 7) is 3.59. The Kier molecular flexibility index (Phi) is 3.56. The van der Waals surface area contributed by atoms with Gasteiger partial charge in [-0.25, -0.2) is 4.68 Å². The summed E-state index contributed by atoms with van der Waals surface area (Å²) < 4.78 is 2.59. The van der Waals surface area contributed by atoms with Gasteiger partial charge in [-0.1, -0.05) is 17.7 Å². The third kappa shape index (κ3) is 2.54. The Morgan fingerprint density at radius 2 is 2.18 bits per heavy atom. The summed E-state index contributed by atoms with van der Waals surface area (Å²) in [5, 5.41) is 14.4. The molecular weight excluding hydrogens is 304 g/mol. The highest BCUT2D eigenvalue weighted by Gasteiger charge is 2.09. The van der Waals surface area contributed by atoms with E-state index in [1.807, 2.05) is 25.1 Å². The number of hydrogen-bond acceptors (Lipinski definition) is 2. The average molecular weight is 316 g/mol. The molecule has 1 heterocycles. The molecule has 0 aliphatic carbocycles. The van der Waals surface area contributed by atoms with Crippen molar-refractivity contribution < 1.29 is 5.11 Å². The van der Waals surface area contributed by atoms with Gasteiger partial charge in [-0.2, -0.15) is 5.10 Å². The van der Waals surface area contributed by atoms with Gasteiger partial charge < -0.3 is 5.11 Å². The molecule has 0 amide bonds. The van der Waals surface area contributed by atoms with E-state index in [4.69, 9.17) is 11.6 Å². The van der Waals surface area contributed by atoms with Gasteiger partial charge in [0.2, 0.25) is 0 Å². The molecule has 0 spiro atoms. The first-order chi connectivity index (χ1) is 7.99. The fourth-order valence-corrected chi connectivity index (χ4v) is 2.24. The van der Waals surface area contributed by atoms with Crippen LogP contribution in [-0.2, 0) is 0 Å². The standard InChI is InChI=1S/C12H12BrClN2O/c1-7-11(14)6-16(15-7)12-4-3-9(8(2)17)5-10(12)13/h3-6,8,17H,1-2H3. The predicted molar refractivity (Wildman–Crippen MR) is 71.6 cm³/mol. The van der Waals surface area contributed by atoms with Gasteiger partial charge in [0.15, 0.2) is 0 Å². The van der Waals surface area contributed by atoms with Crippen molar-refractivity contribution in [3.8, 4) is 5.69 Å².